The lowest BCUT2D eigenvalue weighted by atomic mass is 10.0. The Kier molecular flexibility index (Phi) is 4.92. The summed E-state index contributed by atoms with van der Waals surface area (Å²) in [6, 6.07) is 0. The predicted octanol–water partition coefficient (Wildman–Crippen LogP) is 1.21. The molecule has 0 radical (unpaired) electrons. The minimum Gasteiger partial charge on any atom is -0.473 e. The molecule has 0 saturated heterocycles. The Labute approximate surface area is 127 Å². The zero-order valence-electron chi connectivity index (χ0n) is 12.6. The summed E-state index contributed by atoms with van der Waals surface area (Å²) >= 11 is 0. The summed E-state index contributed by atoms with van der Waals surface area (Å²) in [6.45, 7) is 4.22. The van der Waals surface area contributed by atoms with E-state index >= 15 is 0 Å². The van der Waals surface area contributed by atoms with Crippen LogP contribution in [0.15, 0.2) is 10.1 Å². The van der Waals surface area contributed by atoms with Crippen LogP contribution in [-0.2, 0) is 9.59 Å². The zero-order chi connectivity index (χ0) is 16.3. The molecule has 3 rings (SSSR count). The quantitative estimate of drug-likeness (QED) is 0.783. The van der Waals surface area contributed by atoms with Gasteiger partial charge in [-0.15, -0.1) is 0 Å². The standard InChI is InChI=1S/C12H17N3O.C2H2O4/c1-8-5-6-15(2)7-10(8)12-13-11(14-16-12)9-3-4-9;3-1(4)2(5)6/h9H,3-7H2,1-2H3;(H,3,4)(H,5,6). The largest absolute Gasteiger partial charge is 0.473 e. The molecule has 120 valence electrons. The normalized spacial score (nSPS) is 18.6. The highest BCUT2D eigenvalue weighted by Crippen LogP contribution is 2.38. The van der Waals surface area contributed by atoms with Crippen LogP contribution in [0.25, 0.3) is 5.57 Å². The molecular weight excluding hydrogens is 290 g/mol. The lowest BCUT2D eigenvalue weighted by molar-refractivity contribution is -0.159. The van der Waals surface area contributed by atoms with Crippen LogP contribution in [0.4, 0.5) is 0 Å². The second-order valence-corrected chi connectivity index (χ2v) is 5.59. The SMILES string of the molecule is CC1=C(c2nc(C3CC3)no2)CN(C)CC1.O=C(O)C(=O)O. The average Bonchev–Trinajstić information content (AvgIpc) is 3.20. The molecule has 1 saturated carbocycles. The molecule has 2 N–H and O–H groups in total. The van der Waals surface area contributed by atoms with Crippen LogP contribution in [0.1, 0.15) is 43.8 Å². The van der Waals surface area contributed by atoms with E-state index in [0.717, 1.165) is 31.2 Å². The molecule has 0 bridgehead atoms. The van der Waals surface area contributed by atoms with Crippen molar-refractivity contribution in [1.82, 2.24) is 15.0 Å². The molecule has 0 amide bonds. The topological polar surface area (TPSA) is 117 Å². The fraction of sp³-hybridized carbons (Fsp3) is 0.571. The number of carbonyl (C=O) groups is 2. The van der Waals surface area contributed by atoms with E-state index in [0.29, 0.717) is 5.92 Å². The molecule has 8 heteroatoms. The number of carboxylic acid groups (broad SMARTS) is 2. The van der Waals surface area contributed by atoms with Gasteiger partial charge in [-0.05, 0) is 33.2 Å². The summed E-state index contributed by atoms with van der Waals surface area (Å²) in [5.41, 5.74) is 2.62. The van der Waals surface area contributed by atoms with E-state index in [9.17, 15) is 0 Å². The summed E-state index contributed by atoms with van der Waals surface area (Å²) in [7, 11) is 2.13. The summed E-state index contributed by atoms with van der Waals surface area (Å²) in [6.07, 6.45) is 3.54. The van der Waals surface area contributed by atoms with Crippen molar-refractivity contribution in [1.29, 1.82) is 0 Å². The molecule has 0 atom stereocenters. The summed E-state index contributed by atoms with van der Waals surface area (Å²) in [5, 5.41) is 18.9. The van der Waals surface area contributed by atoms with Crippen molar-refractivity contribution in [3.8, 4) is 0 Å². The minimum absolute atomic E-state index is 0.569. The Bertz CT molecular complexity index is 591. The van der Waals surface area contributed by atoms with E-state index in [2.05, 4.69) is 29.0 Å². The second kappa shape index (κ2) is 6.69. The second-order valence-electron chi connectivity index (χ2n) is 5.59. The van der Waals surface area contributed by atoms with E-state index < -0.39 is 11.9 Å². The smallest absolute Gasteiger partial charge is 0.414 e. The number of hydrogen-bond acceptors (Lipinski definition) is 6. The first-order valence-corrected chi connectivity index (χ1v) is 7.05. The van der Waals surface area contributed by atoms with Crippen LogP contribution in [0, 0.1) is 0 Å². The Balaban J connectivity index is 0.000000254. The Morgan fingerprint density at radius 3 is 2.45 bits per heavy atom. The van der Waals surface area contributed by atoms with Crippen LogP contribution in [0.3, 0.4) is 0 Å². The first-order valence-electron chi connectivity index (χ1n) is 7.05. The van der Waals surface area contributed by atoms with Gasteiger partial charge in [0.2, 0.25) is 0 Å². The molecule has 22 heavy (non-hydrogen) atoms. The minimum atomic E-state index is -1.82. The summed E-state index contributed by atoms with van der Waals surface area (Å²) in [4.78, 5) is 25.0. The number of aliphatic carboxylic acids is 2. The van der Waals surface area contributed by atoms with Gasteiger partial charge in [0.05, 0.1) is 0 Å². The van der Waals surface area contributed by atoms with Gasteiger partial charge in [-0.3, -0.25) is 0 Å². The predicted molar refractivity (Wildman–Crippen MR) is 76.3 cm³/mol. The maximum atomic E-state index is 9.10. The van der Waals surface area contributed by atoms with E-state index in [1.54, 1.807) is 0 Å². The van der Waals surface area contributed by atoms with E-state index in [4.69, 9.17) is 24.3 Å². The summed E-state index contributed by atoms with van der Waals surface area (Å²) < 4.78 is 5.38. The van der Waals surface area contributed by atoms with Gasteiger partial charge < -0.3 is 19.6 Å². The number of aromatic nitrogens is 2. The van der Waals surface area contributed by atoms with Crippen molar-refractivity contribution < 1.29 is 24.3 Å². The molecule has 2 aliphatic rings. The van der Waals surface area contributed by atoms with Crippen LogP contribution >= 0.6 is 0 Å². The summed E-state index contributed by atoms with van der Waals surface area (Å²) in [5.74, 6) is -1.43. The highest BCUT2D eigenvalue weighted by Gasteiger charge is 2.30. The van der Waals surface area contributed by atoms with Crippen molar-refractivity contribution in [3.63, 3.8) is 0 Å². The maximum Gasteiger partial charge on any atom is 0.414 e. The molecule has 8 nitrogen and oxygen atoms in total. The van der Waals surface area contributed by atoms with Gasteiger partial charge >= 0.3 is 11.9 Å². The molecular formula is C14H19N3O5. The van der Waals surface area contributed by atoms with Crippen LogP contribution < -0.4 is 0 Å². The number of carboxylic acids is 2. The van der Waals surface area contributed by atoms with Crippen molar-refractivity contribution in [2.24, 2.45) is 0 Å². The van der Waals surface area contributed by atoms with Gasteiger partial charge in [-0.1, -0.05) is 10.7 Å². The first-order chi connectivity index (χ1) is 10.4. The molecule has 1 aliphatic heterocycles. The Morgan fingerprint density at radius 2 is 1.91 bits per heavy atom. The molecule has 0 spiro atoms. The third-order valence-corrected chi connectivity index (χ3v) is 3.64. The molecule has 1 fully saturated rings. The molecule has 1 aromatic heterocycles. The maximum absolute atomic E-state index is 9.10. The number of nitrogens with zero attached hydrogens (tertiary/aromatic N) is 3. The van der Waals surface area contributed by atoms with Crippen molar-refractivity contribution in [3.05, 3.63) is 17.3 Å². The van der Waals surface area contributed by atoms with Crippen molar-refractivity contribution in [2.45, 2.75) is 32.1 Å². The molecule has 1 aromatic rings. The molecule has 1 aliphatic carbocycles. The average molecular weight is 309 g/mol. The zero-order valence-corrected chi connectivity index (χ0v) is 12.6. The highest BCUT2D eigenvalue weighted by molar-refractivity contribution is 6.27. The van der Waals surface area contributed by atoms with E-state index in [1.165, 1.54) is 24.0 Å². The highest BCUT2D eigenvalue weighted by atomic mass is 16.5. The Morgan fingerprint density at radius 1 is 1.27 bits per heavy atom. The molecule has 0 aromatic carbocycles. The van der Waals surface area contributed by atoms with Gasteiger partial charge in [0.15, 0.2) is 5.82 Å². The van der Waals surface area contributed by atoms with Crippen LogP contribution in [0.2, 0.25) is 0 Å². The number of likely N-dealkylation sites (N-methyl/N-ethyl adjacent to an activating group) is 1. The third-order valence-electron chi connectivity index (χ3n) is 3.64. The first kappa shape index (κ1) is 16.2. The lowest BCUT2D eigenvalue weighted by Crippen LogP contribution is -2.26. The third kappa shape index (κ3) is 4.14. The molecule has 2 heterocycles. The van der Waals surface area contributed by atoms with Crippen molar-refractivity contribution >= 4 is 17.5 Å². The van der Waals surface area contributed by atoms with E-state index in [1.807, 2.05) is 0 Å². The fourth-order valence-electron chi connectivity index (χ4n) is 2.11. The molecule has 0 unspecified atom stereocenters. The van der Waals surface area contributed by atoms with Crippen molar-refractivity contribution in [2.75, 3.05) is 20.1 Å². The lowest BCUT2D eigenvalue weighted by Gasteiger charge is -2.24. The fourth-order valence-corrected chi connectivity index (χ4v) is 2.11. The van der Waals surface area contributed by atoms with Gasteiger partial charge in [0, 0.05) is 24.6 Å². The van der Waals surface area contributed by atoms with Gasteiger partial charge in [-0.2, -0.15) is 4.98 Å². The Hall–Kier alpha value is -2.22. The number of rotatable bonds is 2. The number of hydrogen-bond donors (Lipinski definition) is 2. The monoisotopic (exact) mass is 309 g/mol. The van der Waals surface area contributed by atoms with E-state index in [-0.39, 0.29) is 0 Å². The van der Waals surface area contributed by atoms with Gasteiger partial charge in [0.25, 0.3) is 5.89 Å². The van der Waals surface area contributed by atoms with Crippen LogP contribution in [-0.4, -0.2) is 57.3 Å². The van der Waals surface area contributed by atoms with Gasteiger partial charge in [0.1, 0.15) is 0 Å². The van der Waals surface area contributed by atoms with Crippen LogP contribution in [0.5, 0.6) is 0 Å². The van der Waals surface area contributed by atoms with Gasteiger partial charge in [-0.25, -0.2) is 9.59 Å².